The maximum absolute atomic E-state index is 11.4. The van der Waals surface area contributed by atoms with Crippen LogP contribution in [0.3, 0.4) is 0 Å². The number of pyridine rings is 1. The third kappa shape index (κ3) is 4.40. The van der Waals surface area contributed by atoms with Gasteiger partial charge in [-0.2, -0.15) is 11.8 Å². The van der Waals surface area contributed by atoms with Crippen LogP contribution in [0.5, 0.6) is 0 Å². The summed E-state index contributed by atoms with van der Waals surface area (Å²) in [5, 5.41) is 3.22. The van der Waals surface area contributed by atoms with Gasteiger partial charge in [0.25, 0.3) is 0 Å². The highest BCUT2D eigenvalue weighted by Crippen LogP contribution is 2.51. The Morgan fingerprint density at radius 3 is 3.00 bits per heavy atom. The number of carbonyl (C=O) groups is 1. The van der Waals surface area contributed by atoms with E-state index >= 15 is 0 Å². The van der Waals surface area contributed by atoms with Crippen LogP contribution in [0.15, 0.2) is 18.3 Å². The van der Waals surface area contributed by atoms with Gasteiger partial charge in [0, 0.05) is 18.5 Å². The molecule has 0 unspecified atom stereocenters. The van der Waals surface area contributed by atoms with Crippen LogP contribution in [0.1, 0.15) is 31.7 Å². The summed E-state index contributed by atoms with van der Waals surface area (Å²) in [5.41, 5.74) is 1.48. The molecule has 1 heterocycles. The molecule has 5 heteroatoms. The van der Waals surface area contributed by atoms with E-state index in [4.69, 9.17) is 4.74 Å². The number of ether oxygens (including phenoxy) is 1. The Bertz CT molecular complexity index is 461. The van der Waals surface area contributed by atoms with E-state index in [-0.39, 0.29) is 11.4 Å². The molecule has 20 heavy (non-hydrogen) atoms. The Labute approximate surface area is 124 Å². The Morgan fingerprint density at radius 2 is 2.35 bits per heavy atom. The number of esters is 1. The molecule has 1 saturated carbocycles. The number of methoxy groups -OCH3 is 1. The lowest BCUT2D eigenvalue weighted by Crippen LogP contribution is -2.13. The van der Waals surface area contributed by atoms with E-state index in [1.165, 1.54) is 12.7 Å². The highest BCUT2D eigenvalue weighted by atomic mass is 32.2. The Kier molecular flexibility index (Phi) is 5.29. The van der Waals surface area contributed by atoms with E-state index in [2.05, 4.69) is 23.3 Å². The number of carbonyl (C=O) groups excluding carboxylic acids is 1. The standard InChI is InChI=1S/C15H22N2O2S/c1-3-16-13-8-12(4-7-17-13)10-20-11-15(5-6-15)9-14(18)19-2/h4,7-8H,3,5-6,9-11H2,1-2H3,(H,16,17). The summed E-state index contributed by atoms with van der Waals surface area (Å²) >= 11 is 1.89. The average molecular weight is 294 g/mol. The Morgan fingerprint density at radius 1 is 1.55 bits per heavy atom. The molecule has 2 rings (SSSR count). The molecule has 1 aromatic rings. The normalized spacial score (nSPS) is 15.7. The Hall–Kier alpha value is -1.23. The van der Waals surface area contributed by atoms with Crippen molar-refractivity contribution in [2.75, 3.05) is 24.7 Å². The van der Waals surface area contributed by atoms with Gasteiger partial charge in [-0.25, -0.2) is 4.98 Å². The molecule has 4 nitrogen and oxygen atoms in total. The minimum atomic E-state index is -0.0820. The van der Waals surface area contributed by atoms with Crippen LogP contribution in [0.25, 0.3) is 0 Å². The van der Waals surface area contributed by atoms with Gasteiger partial charge >= 0.3 is 5.97 Å². The van der Waals surface area contributed by atoms with Crippen molar-refractivity contribution in [2.45, 2.75) is 31.9 Å². The minimum Gasteiger partial charge on any atom is -0.469 e. The minimum absolute atomic E-state index is 0.0820. The highest BCUT2D eigenvalue weighted by Gasteiger charge is 2.44. The van der Waals surface area contributed by atoms with Crippen LogP contribution in [0.4, 0.5) is 5.82 Å². The topological polar surface area (TPSA) is 51.2 Å². The van der Waals surface area contributed by atoms with Gasteiger partial charge in [0.15, 0.2) is 0 Å². The summed E-state index contributed by atoms with van der Waals surface area (Å²) in [6.07, 6.45) is 4.70. The van der Waals surface area contributed by atoms with Crippen LogP contribution in [-0.2, 0) is 15.3 Å². The fraction of sp³-hybridized carbons (Fsp3) is 0.600. The second-order valence-electron chi connectivity index (χ2n) is 5.33. The summed E-state index contributed by atoms with van der Waals surface area (Å²) in [5.74, 6) is 2.84. The van der Waals surface area contributed by atoms with Gasteiger partial charge in [0.2, 0.25) is 0 Å². The number of hydrogen-bond donors (Lipinski definition) is 1. The summed E-state index contributed by atoms with van der Waals surface area (Å²) in [7, 11) is 1.46. The molecular weight excluding hydrogens is 272 g/mol. The van der Waals surface area contributed by atoms with Gasteiger partial charge in [-0.3, -0.25) is 4.79 Å². The van der Waals surface area contributed by atoms with Crippen molar-refractivity contribution in [3.63, 3.8) is 0 Å². The lowest BCUT2D eigenvalue weighted by molar-refractivity contribution is -0.141. The molecule has 0 amide bonds. The van der Waals surface area contributed by atoms with E-state index in [0.29, 0.717) is 6.42 Å². The van der Waals surface area contributed by atoms with Gasteiger partial charge in [-0.15, -0.1) is 0 Å². The molecule has 110 valence electrons. The summed E-state index contributed by atoms with van der Waals surface area (Å²) in [6.45, 7) is 2.94. The van der Waals surface area contributed by atoms with Crippen LogP contribution >= 0.6 is 11.8 Å². The summed E-state index contributed by atoms with van der Waals surface area (Å²) in [6, 6.07) is 4.14. The highest BCUT2D eigenvalue weighted by molar-refractivity contribution is 7.98. The van der Waals surface area contributed by atoms with E-state index in [9.17, 15) is 4.79 Å². The fourth-order valence-corrected chi connectivity index (χ4v) is 3.50. The molecule has 1 aliphatic carbocycles. The molecule has 1 aliphatic rings. The molecule has 1 aromatic heterocycles. The van der Waals surface area contributed by atoms with Crippen molar-refractivity contribution >= 4 is 23.5 Å². The SMILES string of the molecule is CCNc1cc(CSCC2(CC(=O)OC)CC2)ccn1. The van der Waals surface area contributed by atoms with Crippen LogP contribution in [0.2, 0.25) is 0 Å². The number of hydrogen-bond acceptors (Lipinski definition) is 5. The largest absolute Gasteiger partial charge is 0.469 e. The fourth-order valence-electron chi connectivity index (χ4n) is 2.15. The smallest absolute Gasteiger partial charge is 0.306 e. The number of rotatable bonds is 8. The molecule has 0 radical (unpaired) electrons. The van der Waals surface area contributed by atoms with E-state index in [0.717, 1.165) is 36.7 Å². The molecule has 0 aliphatic heterocycles. The van der Waals surface area contributed by atoms with Crippen LogP contribution in [-0.4, -0.2) is 30.4 Å². The quantitative estimate of drug-likeness (QED) is 0.747. The van der Waals surface area contributed by atoms with Crippen molar-refractivity contribution in [3.05, 3.63) is 23.9 Å². The van der Waals surface area contributed by atoms with E-state index in [1.807, 2.05) is 24.0 Å². The zero-order chi connectivity index (χ0) is 14.4. The molecule has 0 saturated heterocycles. The van der Waals surface area contributed by atoms with Gasteiger partial charge < -0.3 is 10.1 Å². The first kappa shape index (κ1) is 15.2. The lowest BCUT2D eigenvalue weighted by Gasteiger charge is -2.13. The third-order valence-corrected chi connectivity index (χ3v) is 4.92. The zero-order valence-corrected chi connectivity index (χ0v) is 13.0. The molecule has 1 fully saturated rings. The maximum atomic E-state index is 11.4. The van der Waals surface area contributed by atoms with Crippen molar-refractivity contribution in [2.24, 2.45) is 5.41 Å². The number of nitrogens with one attached hydrogen (secondary N) is 1. The summed E-state index contributed by atoms with van der Waals surface area (Å²) in [4.78, 5) is 15.6. The number of thioether (sulfide) groups is 1. The number of anilines is 1. The molecule has 0 aromatic carbocycles. The number of nitrogens with zero attached hydrogens (tertiary/aromatic N) is 1. The van der Waals surface area contributed by atoms with E-state index < -0.39 is 0 Å². The van der Waals surface area contributed by atoms with Gasteiger partial charge in [-0.05, 0) is 48.6 Å². The van der Waals surface area contributed by atoms with Crippen LogP contribution in [0, 0.1) is 5.41 Å². The third-order valence-electron chi connectivity index (χ3n) is 3.56. The predicted octanol–water partition coefficient (Wildman–Crippen LogP) is 3.09. The summed E-state index contributed by atoms with van der Waals surface area (Å²) < 4.78 is 4.77. The lowest BCUT2D eigenvalue weighted by atomic mass is 10.1. The van der Waals surface area contributed by atoms with Crippen molar-refractivity contribution in [1.82, 2.24) is 4.98 Å². The van der Waals surface area contributed by atoms with Crippen molar-refractivity contribution < 1.29 is 9.53 Å². The number of aromatic nitrogens is 1. The second kappa shape index (κ2) is 6.97. The first-order chi connectivity index (χ1) is 9.67. The first-order valence-corrected chi connectivity index (χ1v) is 8.16. The van der Waals surface area contributed by atoms with Gasteiger partial charge in [-0.1, -0.05) is 0 Å². The first-order valence-electron chi connectivity index (χ1n) is 7.01. The van der Waals surface area contributed by atoms with E-state index in [1.54, 1.807) is 0 Å². The molecule has 0 atom stereocenters. The predicted molar refractivity (Wildman–Crippen MR) is 82.9 cm³/mol. The molecular formula is C15H22N2O2S. The average Bonchev–Trinajstić information content (AvgIpc) is 3.19. The van der Waals surface area contributed by atoms with Gasteiger partial charge in [0.05, 0.1) is 13.5 Å². The van der Waals surface area contributed by atoms with Gasteiger partial charge in [0.1, 0.15) is 5.82 Å². The molecule has 1 N–H and O–H groups in total. The Balaban J connectivity index is 1.78. The second-order valence-corrected chi connectivity index (χ2v) is 6.31. The maximum Gasteiger partial charge on any atom is 0.306 e. The molecule has 0 spiro atoms. The molecule has 0 bridgehead atoms. The van der Waals surface area contributed by atoms with Crippen molar-refractivity contribution in [3.8, 4) is 0 Å². The monoisotopic (exact) mass is 294 g/mol. The van der Waals surface area contributed by atoms with Crippen LogP contribution < -0.4 is 5.32 Å². The van der Waals surface area contributed by atoms with Crippen molar-refractivity contribution in [1.29, 1.82) is 0 Å². The zero-order valence-electron chi connectivity index (χ0n) is 12.1.